The molecule has 0 aliphatic heterocycles. The van der Waals surface area contributed by atoms with E-state index in [1.807, 2.05) is 194 Å². The number of ether oxygens (including phenoxy) is 5. The van der Waals surface area contributed by atoms with Crippen LogP contribution >= 0.6 is 0 Å². The SMILES string of the molecule is CS(=O)(=O)Cc1ccc(-c2nc(-c3ccc(OC4CCCC4)cc3)no2)cc1.NCc1ccc(-c2nc(-c3ccc(OC4CCCC4)cc3)no2)cc1.Nc1ccc(-c2nc(-c3ccc(OC4CCCC4)cc3)no2)cc1.O=C(O)c1ccc(-c2nc(-c3ccc(OC4CCCC4)cc3)no2)cc1.OCc1ccc(-c2nc(-c3ccc(OC4CCCC4)cc3)no2)cc1. The molecule has 28 heteroatoms. The fraction of sp³-hybridized carbons (Fsp3) is 0.290. The van der Waals surface area contributed by atoms with Crippen molar-refractivity contribution in [1.82, 2.24) is 50.7 Å². The number of nitrogens with zero attached hydrogens (tertiary/aromatic N) is 10. The van der Waals surface area contributed by atoms with Gasteiger partial charge in [-0.3, -0.25) is 0 Å². The average Bonchev–Trinajstić information content (AvgIpc) is 1.71. The van der Waals surface area contributed by atoms with Gasteiger partial charge in [-0.25, -0.2) is 13.2 Å². The second-order valence-corrected chi connectivity index (χ2v) is 34.5. The average molecular weight is 1740 g/mol. The van der Waals surface area contributed by atoms with Crippen molar-refractivity contribution in [3.8, 4) is 143 Å². The zero-order valence-corrected chi connectivity index (χ0v) is 71.8. The molecule has 656 valence electrons. The van der Waals surface area contributed by atoms with Gasteiger partial charge in [-0.2, -0.15) is 24.9 Å². The van der Waals surface area contributed by atoms with E-state index in [0.717, 1.165) is 160 Å². The van der Waals surface area contributed by atoms with E-state index in [-0.39, 0.29) is 17.9 Å². The predicted octanol–water partition coefficient (Wildman–Crippen LogP) is 21.4. The number of sulfone groups is 1. The van der Waals surface area contributed by atoms with Gasteiger partial charge in [-0.15, -0.1) is 0 Å². The maximum absolute atomic E-state index is 11.4. The number of aliphatic hydroxyl groups excluding tert-OH is 1. The summed E-state index contributed by atoms with van der Waals surface area (Å²) in [5.41, 5.74) is 23.3. The molecule has 128 heavy (non-hydrogen) atoms. The summed E-state index contributed by atoms with van der Waals surface area (Å²) in [6, 6.07) is 74.9. The van der Waals surface area contributed by atoms with Gasteiger partial charge >= 0.3 is 5.97 Å². The largest absolute Gasteiger partial charge is 0.490 e. The number of rotatable bonds is 25. The minimum absolute atomic E-state index is 0.0115. The first-order valence-corrected chi connectivity index (χ1v) is 45.6. The molecule has 0 bridgehead atoms. The van der Waals surface area contributed by atoms with Gasteiger partial charge in [0.25, 0.3) is 29.5 Å². The summed E-state index contributed by atoms with van der Waals surface area (Å²) in [7, 11) is -3.06. The van der Waals surface area contributed by atoms with Crippen molar-refractivity contribution in [1.29, 1.82) is 0 Å². The van der Waals surface area contributed by atoms with Crippen LogP contribution in [0.3, 0.4) is 0 Å². The number of carboxylic acids is 1. The Bertz CT molecular complexity index is 5980. The highest BCUT2D eigenvalue weighted by Gasteiger charge is 2.24. The van der Waals surface area contributed by atoms with Gasteiger partial charge in [-0.1, -0.05) is 62.2 Å². The van der Waals surface area contributed by atoms with Gasteiger partial charge < -0.3 is 68.0 Å². The molecule has 10 aromatic carbocycles. The zero-order chi connectivity index (χ0) is 88.0. The van der Waals surface area contributed by atoms with Crippen LogP contribution in [-0.4, -0.2) is 112 Å². The van der Waals surface area contributed by atoms with Crippen molar-refractivity contribution in [3.63, 3.8) is 0 Å². The molecule has 5 fully saturated rings. The fourth-order valence-corrected chi connectivity index (χ4v) is 16.5. The molecule has 5 heterocycles. The number of carboxylic acid groups (broad SMARTS) is 1. The molecule has 0 saturated heterocycles. The summed E-state index contributed by atoms with van der Waals surface area (Å²) in [6.07, 6.45) is 26.9. The summed E-state index contributed by atoms with van der Waals surface area (Å²) in [6.45, 7) is 0.537. The Balaban J connectivity index is 0.000000118. The Hall–Kier alpha value is -14.0. The number of aromatic nitrogens is 10. The monoisotopic (exact) mass is 1740 g/mol. The first kappa shape index (κ1) is 87.5. The topological polar surface area (TPSA) is 384 Å². The molecule has 5 aromatic heterocycles. The molecular weight excluding hydrogens is 1640 g/mol. The molecule has 6 N–H and O–H groups in total. The Kier molecular flexibility index (Phi) is 29.0. The van der Waals surface area contributed by atoms with Gasteiger partial charge in [0.05, 0.1) is 48.4 Å². The number of aliphatic hydroxyl groups is 1. The van der Waals surface area contributed by atoms with Crippen LogP contribution in [0.4, 0.5) is 5.69 Å². The number of nitrogens with two attached hydrogens (primary N) is 2. The van der Waals surface area contributed by atoms with Crippen LogP contribution < -0.4 is 35.2 Å². The van der Waals surface area contributed by atoms with E-state index < -0.39 is 15.8 Å². The van der Waals surface area contributed by atoms with Crippen molar-refractivity contribution in [3.05, 3.63) is 265 Å². The number of aromatic carboxylic acids is 1. The molecule has 5 aliphatic carbocycles. The molecule has 0 unspecified atom stereocenters. The van der Waals surface area contributed by atoms with Crippen LogP contribution in [0.25, 0.3) is 114 Å². The van der Waals surface area contributed by atoms with Gasteiger partial charge in [0, 0.05) is 74.1 Å². The summed E-state index contributed by atoms with van der Waals surface area (Å²) >= 11 is 0. The molecule has 0 spiro atoms. The van der Waals surface area contributed by atoms with Crippen LogP contribution in [0.5, 0.6) is 28.7 Å². The smallest absolute Gasteiger partial charge is 0.335 e. The van der Waals surface area contributed by atoms with E-state index in [4.69, 9.17) is 68.0 Å². The molecule has 5 saturated carbocycles. The molecule has 15 aromatic rings. The number of hydrogen-bond acceptors (Lipinski definition) is 26. The Morgan fingerprint density at radius 1 is 0.320 bits per heavy atom. The van der Waals surface area contributed by atoms with Crippen molar-refractivity contribution >= 4 is 21.5 Å². The van der Waals surface area contributed by atoms with Crippen molar-refractivity contribution in [2.45, 2.75) is 178 Å². The lowest BCUT2D eigenvalue weighted by molar-refractivity contribution is 0.0696. The Morgan fingerprint density at radius 2 is 0.531 bits per heavy atom. The first-order chi connectivity index (χ1) is 62.6. The molecule has 27 nitrogen and oxygen atoms in total. The van der Waals surface area contributed by atoms with Gasteiger partial charge in [0.2, 0.25) is 29.1 Å². The molecule has 20 rings (SSSR count). The zero-order valence-electron chi connectivity index (χ0n) is 71.0. The summed E-state index contributed by atoms with van der Waals surface area (Å²) in [4.78, 5) is 33.2. The fourth-order valence-electron chi connectivity index (χ4n) is 15.7. The lowest BCUT2D eigenvalue weighted by Crippen LogP contribution is -2.10. The Labute approximate surface area is 741 Å². The number of anilines is 1. The quantitative estimate of drug-likeness (QED) is 0.0386. The third-order valence-corrected chi connectivity index (χ3v) is 23.6. The molecular formula is C100H100N12O15S. The maximum atomic E-state index is 11.4. The van der Waals surface area contributed by atoms with E-state index in [1.54, 1.807) is 36.4 Å². The number of carbonyl (C=O) groups is 1. The lowest BCUT2D eigenvalue weighted by atomic mass is 10.1. The normalized spacial score (nSPS) is 14.8. The van der Waals surface area contributed by atoms with E-state index in [0.29, 0.717) is 107 Å². The molecule has 0 radical (unpaired) electrons. The van der Waals surface area contributed by atoms with Crippen molar-refractivity contribution in [2.24, 2.45) is 5.73 Å². The Morgan fingerprint density at radius 3 is 0.750 bits per heavy atom. The van der Waals surface area contributed by atoms with E-state index >= 15 is 0 Å². The third-order valence-electron chi connectivity index (χ3n) is 22.7. The van der Waals surface area contributed by atoms with Crippen LogP contribution in [0.2, 0.25) is 0 Å². The maximum Gasteiger partial charge on any atom is 0.335 e. The van der Waals surface area contributed by atoms with Crippen LogP contribution in [0.1, 0.15) is 155 Å². The second-order valence-electron chi connectivity index (χ2n) is 32.4. The highest BCUT2D eigenvalue weighted by molar-refractivity contribution is 7.89. The van der Waals surface area contributed by atoms with Crippen LogP contribution in [0.15, 0.2) is 265 Å². The standard InChI is InChI=1S/C21H22N2O4S.C20H21N3O2.C20H18N2O4.C20H20N2O3.C19H19N3O2/c1-28(24,25)14-15-6-8-17(9-7-15)21-22-20(23-27-21)16-10-12-19(13-11-16)26-18-4-2-3-5-18;21-13-14-5-7-16(8-6-14)20-22-19(23-25-20)15-9-11-18(12-10-15)24-17-3-1-2-4-17;23-20(24)15-7-5-14(6-8-15)19-21-18(22-26-19)13-9-11-17(12-10-13)25-16-3-1-2-4-16;23-13-14-5-7-16(8-6-14)20-21-19(22-25-20)15-9-11-18(12-10-15)24-17-3-1-2-4-17;20-15-9-5-14(6-10-15)19-21-18(22-24-19)13-7-11-17(12-8-13)23-16-3-1-2-4-16/h6-13,18H,2-5,14H2,1H3;5-12,17H,1-4,13,21H2;5-12,16H,1-4H2,(H,23,24);5-12,17,23H,1-4,13H2;5-12,16H,1-4,20H2. The van der Waals surface area contributed by atoms with Gasteiger partial charge in [0.15, 0.2) is 9.84 Å². The van der Waals surface area contributed by atoms with Crippen molar-refractivity contribution in [2.75, 3.05) is 12.0 Å². The number of nitrogen functional groups attached to an aromatic ring is 1. The molecule has 5 aliphatic rings. The summed E-state index contributed by atoms with van der Waals surface area (Å²) in [5, 5.41) is 38.3. The predicted molar refractivity (Wildman–Crippen MR) is 484 cm³/mol. The van der Waals surface area contributed by atoms with Gasteiger partial charge in [-0.05, 0) is 351 Å². The number of benzene rings is 10. The van der Waals surface area contributed by atoms with Crippen molar-refractivity contribution < 1.29 is 69.7 Å². The minimum atomic E-state index is -3.06. The molecule has 0 atom stereocenters. The van der Waals surface area contributed by atoms with Crippen LogP contribution in [-0.2, 0) is 28.7 Å². The highest BCUT2D eigenvalue weighted by Crippen LogP contribution is 2.36. The summed E-state index contributed by atoms with van der Waals surface area (Å²) in [5.74, 6) is 8.31. The first-order valence-electron chi connectivity index (χ1n) is 43.6. The lowest BCUT2D eigenvalue weighted by Gasteiger charge is -2.12. The van der Waals surface area contributed by atoms with E-state index in [1.165, 1.54) is 82.6 Å². The third kappa shape index (κ3) is 24.2. The molecule has 0 amide bonds. The summed E-state index contributed by atoms with van der Waals surface area (Å²) < 4.78 is 79.4. The van der Waals surface area contributed by atoms with E-state index in [9.17, 15) is 13.2 Å². The van der Waals surface area contributed by atoms with E-state index in [2.05, 4.69) is 50.7 Å². The van der Waals surface area contributed by atoms with Gasteiger partial charge in [0.1, 0.15) is 28.7 Å². The second kappa shape index (κ2) is 42.4. The minimum Gasteiger partial charge on any atom is -0.490 e. The number of hydrogen-bond donors (Lipinski definition) is 4. The van der Waals surface area contributed by atoms with Crippen LogP contribution in [0, 0.1) is 0 Å². The highest BCUT2D eigenvalue weighted by atomic mass is 32.2.